The van der Waals surface area contributed by atoms with E-state index < -0.39 is 0 Å². The minimum absolute atomic E-state index is 0.931. The summed E-state index contributed by atoms with van der Waals surface area (Å²) in [5.41, 5.74) is 1.33. The number of likely N-dealkylation sites (N-methyl/N-ethyl adjacent to an activating group) is 2. The van der Waals surface area contributed by atoms with Crippen molar-refractivity contribution in [3.63, 3.8) is 0 Å². The lowest BCUT2D eigenvalue weighted by Gasteiger charge is -2.23. The minimum Gasteiger partial charge on any atom is -0.332 e. The molecule has 108 valence electrons. The van der Waals surface area contributed by atoms with Gasteiger partial charge in [0.1, 0.15) is 12.2 Å². The van der Waals surface area contributed by atoms with Gasteiger partial charge in [-0.1, -0.05) is 0 Å². The Morgan fingerprint density at radius 3 is 2.70 bits per heavy atom. The van der Waals surface area contributed by atoms with Gasteiger partial charge >= 0.3 is 0 Å². The topological polar surface area (TPSA) is 55.0 Å². The number of fused-ring (bicyclic) bond motifs is 2. The second kappa shape index (κ2) is 5.72. The molecule has 4 rings (SSSR count). The van der Waals surface area contributed by atoms with E-state index >= 15 is 0 Å². The number of hydrogen-bond donors (Lipinski definition) is 0. The fourth-order valence-corrected chi connectivity index (χ4v) is 2.50. The smallest absolute Gasteiger partial charge is 0.141 e. The maximum absolute atomic E-state index is 4.12. The first kappa shape index (κ1) is 13.3. The molecule has 2 aromatic rings. The van der Waals surface area contributed by atoms with Crippen LogP contribution in [0.25, 0.3) is 0 Å². The fourth-order valence-electron chi connectivity index (χ4n) is 2.50. The third-order valence-electron chi connectivity index (χ3n) is 3.75. The molecule has 0 aliphatic carbocycles. The normalized spacial score (nSPS) is 18.9. The van der Waals surface area contributed by atoms with Crippen LogP contribution in [0.4, 0.5) is 0 Å². The lowest BCUT2D eigenvalue weighted by atomic mass is 10.3. The van der Waals surface area contributed by atoms with Crippen LogP contribution in [0.3, 0.4) is 0 Å². The summed E-state index contributed by atoms with van der Waals surface area (Å²) in [5.74, 6) is 1.08. The van der Waals surface area contributed by atoms with Crippen molar-refractivity contribution in [2.24, 2.45) is 0 Å². The van der Waals surface area contributed by atoms with Crippen molar-refractivity contribution in [1.29, 1.82) is 0 Å². The Labute approximate surface area is 118 Å². The summed E-state index contributed by atoms with van der Waals surface area (Å²) in [4.78, 5) is 12.7. The molecule has 0 saturated heterocycles. The van der Waals surface area contributed by atoms with Crippen molar-refractivity contribution in [3.8, 4) is 0 Å². The molecule has 0 unspecified atom stereocenters. The van der Waals surface area contributed by atoms with Crippen molar-refractivity contribution < 1.29 is 0 Å². The Kier molecular flexibility index (Phi) is 3.79. The van der Waals surface area contributed by atoms with Crippen LogP contribution in [-0.2, 0) is 26.2 Å². The lowest BCUT2D eigenvalue weighted by molar-refractivity contribution is 0.254. The molecule has 0 saturated carbocycles. The Hall–Kier alpha value is -1.73. The predicted molar refractivity (Wildman–Crippen MR) is 74.9 cm³/mol. The van der Waals surface area contributed by atoms with Gasteiger partial charge in [0.15, 0.2) is 0 Å². The molecule has 0 spiro atoms. The van der Waals surface area contributed by atoms with Gasteiger partial charge in [0.05, 0.1) is 25.1 Å². The highest BCUT2D eigenvalue weighted by Gasteiger charge is 2.13. The highest BCUT2D eigenvalue weighted by molar-refractivity contribution is 5.00. The predicted octanol–water partition coefficient (Wildman–Crippen LogP) is 0.0520. The first-order chi connectivity index (χ1) is 9.72. The summed E-state index contributed by atoms with van der Waals surface area (Å²) in [7, 11) is 4.23. The van der Waals surface area contributed by atoms with E-state index in [9.17, 15) is 0 Å². The van der Waals surface area contributed by atoms with Gasteiger partial charge in [-0.15, -0.1) is 0 Å². The van der Waals surface area contributed by atoms with Crippen molar-refractivity contribution in [3.05, 3.63) is 30.4 Å². The van der Waals surface area contributed by atoms with Crippen LogP contribution in [0.5, 0.6) is 0 Å². The lowest BCUT2D eigenvalue weighted by Crippen LogP contribution is -2.30. The highest BCUT2D eigenvalue weighted by Crippen LogP contribution is 2.08. The van der Waals surface area contributed by atoms with Crippen LogP contribution in [0.2, 0.25) is 0 Å². The molecule has 0 atom stereocenters. The molecular weight excluding hydrogens is 254 g/mol. The van der Waals surface area contributed by atoms with Crippen molar-refractivity contribution >= 4 is 0 Å². The van der Waals surface area contributed by atoms with Crippen molar-refractivity contribution in [2.75, 3.05) is 27.2 Å². The molecule has 7 nitrogen and oxygen atoms in total. The highest BCUT2D eigenvalue weighted by atomic mass is 15.4. The van der Waals surface area contributed by atoms with Gasteiger partial charge in [0, 0.05) is 32.4 Å². The molecule has 2 aromatic heterocycles. The number of imidazole rings is 1. The number of hydrogen-bond acceptors (Lipinski definition) is 5. The van der Waals surface area contributed by atoms with E-state index in [-0.39, 0.29) is 0 Å². The summed E-state index contributed by atoms with van der Waals surface area (Å²) in [6.45, 7) is 6.26. The first-order valence-electron chi connectivity index (χ1n) is 6.95. The van der Waals surface area contributed by atoms with Gasteiger partial charge in [-0.2, -0.15) is 5.10 Å². The van der Waals surface area contributed by atoms with Gasteiger partial charge in [0.2, 0.25) is 0 Å². The molecule has 0 fully saturated rings. The summed E-state index contributed by atoms with van der Waals surface area (Å²) in [6.07, 6.45) is 5.46. The quantitative estimate of drug-likeness (QED) is 0.680. The molecule has 0 radical (unpaired) electrons. The van der Waals surface area contributed by atoms with E-state index in [4.69, 9.17) is 0 Å². The van der Waals surface area contributed by atoms with Crippen LogP contribution < -0.4 is 0 Å². The molecule has 2 aliphatic rings. The van der Waals surface area contributed by atoms with E-state index in [1.165, 1.54) is 5.69 Å². The average Bonchev–Trinajstić information content (AvgIpc) is 3.06. The number of aromatic nitrogens is 5. The Morgan fingerprint density at radius 2 is 1.80 bits per heavy atom. The maximum atomic E-state index is 4.12. The second-order valence-corrected chi connectivity index (χ2v) is 5.45. The van der Waals surface area contributed by atoms with Gasteiger partial charge in [-0.05, 0) is 14.1 Å². The summed E-state index contributed by atoms with van der Waals surface area (Å²) in [6, 6.07) is 0. The Morgan fingerprint density at radius 1 is 1.00 bits per heavy atom. The van der Waals surface area contributed by atoms with Gasteiger partial charge in [0.25, 0.3) is 0 Å². The van der Waals surface area contributed by atoms with Crippen molar-refractivity contribution in [1.82, 2.24) is 34.1 Å². The van der Waals surface area contributed by atoms with E-state index in [2.05, 4.69) is 43.5 Å². The Balaban J connectivity index is 0.000000121. The van der Waals surface area contributed by atoms with E-state index in [0.29, 0.717) is 0 Å². The summed E-state index contributed by atoms with van der Waals surface area (Å²) >= 11 is 0. The van der Waals surface area contributed by atoms with Gasteiger partial charge < -0.3 is 4.57 Å². The minimum atomic E-state index is 0.931. The first-order valence-corrected chi connectivity index (χ1v) is 6.95. The zero-order chi connectivity index (χ0) is 13.9. The molecule has 0 N–H and O–H groups in total. The molecule has 0 bridgehead atoms. The molecule has 20 heavy (non-hydrogen) atoms. The SMILES string of the molecule is CN1CCn2cncc2C1.CN1CCn2ncnc2C1. The molecule has 4 heterocycles. The zero-order valence-electron chi connectivity index (χ0n) is 12.1. The monoisotopic (exact) mass is 275 g/mol. The number of rotatable bonds is 0. The molecule has 7 heteroatoms. The molecule has 0 amide bonds. The van der Waals surface area contributed by atoms with E-state index in [1.807, 2.05) is 17.2 Å². The molecule has 0 aromatic carbocycles. The number of nitrogens with zero attached hydrogens (tertiary/aromatic N) is 7. The summed E-state index contributed by atoms with van der Waals surface area (Å²) in [5, 5.41) is 4.07. The third kappa shape index (κ3) is 2.88. The van der Waals surface area contributed by atoms with Crippen LogP contribution in [0.1, 0.15) is 11.5 Å². The van der Waals surface area contributed by atoms with Gasteiger partial charge in [-0.25, -0.2) is 14.6 Å². The van der Waals surface area contributed by atoms with Gasteiger partial charge in [-0.3, -0.25) is 9.80 Å². The molecular formula is C13H21N7. The van der Waals surface area contributed by atoms with Crippen LogP contribution in [0.15, 0.2) is 18.9 Å². The maximum Gasteiger partial charge on any atom is 0.141 e. The standard InChI is InChI=1S/C7H11N3.C6H10N4/c1-9-2-3-10-6-8-4-7(10)5-9;1-9-2-3-10-6(4-9)7-5-8-10/h4,6H,2-3,5H2,1H3;5H,2-4H2,1H3. The van der Waals surface area contributed by atoms with Crippen LogP contribution >= 0.6 is 0 Å². The van der Waals surface area contributed by atoms with Crippen LogP contribution in [-0.4, -0.2) is 61.3 Å². The van der Waals surface area contributed by atoms with Crippen molar-refractivity contribution in [2.45, 2.75) is 26.2 Å². The largest absolute Gasteiger partial charge is 0.332 e. The van der Waals surface area contributed by atoms with E-state index in [1.54, 1.807) is 6.33 Å². The van der Waals surface area contributed by atoms with Crippen LogP contribution in [0, 0.1) is 0 Å². The Bertz CT molecular complexity index is 508. The fraction of sp³-hybridized carbons (Fsp3) is 0.615. The zero-order valence-corrected chi connectivity index (χ0v) is 12.1. The molecule has 2 aliphatic heterocycles. The van der Waals surface area contributed by atoms with E-state index in [0.717, 1.165) is 45.1 Å². The average molecular weight is 275 g/mol. The summed E-state index contributed by atoms with van der Waals surface area (Å²) < 4.78 is 4.17. The second-order valence-electron chi connectivity index (χ2n) is 5.45. The third-order valence-corrected chi connectivity index (χ3v) is 3.75.